The van der Waals surface area contributed by atoms with Crippen LogP contribution in [0.4, 0.5) is 13.2 Å². The van der Waals surface area contributed by atoms with Crippen molar-refractivity contribution in [2.24, 2.45) is 16.7 Å². The van der Waals surface area contributed by atoms with E-state index in [4.69, 9.17) is 0 Å². The topological polar surface area (TPSA) is 3.24 Å². The second kappa shape index (κ2) is 2.95. The molecular formula is C12H18F3N. The molecule has 1 saturated heterocycles. The van der Waals surface area contributed by atoms with Gasteiger partial charge in [-0.1, -0.05) is 6.92 Å². The fourth-order valence-corrected chi connectivity index (χ4v) is 4.11. The Balaban J connectivity index is 1.55. The van der Waals surface area contributed by atoms with Crippen molar-refractivity contribution < 1.29 is 13.2 Å². The van der Waals surface area contributed by atoms with Gasteiger partial charge in [0, 0.05) is 13.1 Å². The van der Waals surface area contributed by atoms with E-state index in [1.807, 2.05) is 0 Å². The van der Waals surface area contributed by atoms with Gasteiger partial charge in [0.1, 0.15) is 0 Å². The van der Waals surface area contributed by atoms with Gasteiger partial charge in [0.2, 0.25) is 0 Å². The summed E-state index contributed by atoms with van der Waals surface area (Å²) in [7, 11) is 0. The van der Waals surface area contributed by atoms with E-state index in [1.165, 1.54) is 6.42 Å². The normalized spacial score (nSPS) is 47.6. The third-order valence-electron chi connectivity index (χ3n) is 4.81. The first kappa shape index (κ1) is 10.9. The van der Waals surface area contributed by atoms with Gasteiger partial charge in [-0.25, -0.2) is 0 Å². The van der Waals surface area contributed by atoms with Crippen LogP contribution in [-0.2, 0) is 0 Å². The van der Waals surface area contributed by atoms with Crippen LogP contribution in [0.25, 0.3) is 0 Å². The Labute approximate surface area is 94.0 Å². The van der Waals surface area contributed by atoms with Crippen molar-refractivity contribution in [3.8, 4) is 0 Å². The van der Waals surface area contributed by atoms with Crippen LogP contribution >= 0.6 is 0 Å². The van der Waals surface area contributed by atoms with Gasteiger partial charge in [-0.15, -0.1) is 0 Å². The molecule has 4 fully saturated rings. The van der Waals surface area contributed by atoms with Crippen LogP contribution in [-0.4, -0.2) is 30.7 Å². The van der Waals surface area contributed by atoms with E-state index >= 15 is 0 Å². The summed E-state index contributed by atoms with van der Waals surface area (Å²) in [6.45, 7) is 5.30. The highest BCUT2D eigenvalue weighted by atomic mass is 19.4. The summed E-state index contributed by atoms with van der Waals surface area (Å²) in [5.74, 6) is 0.726. The highest BCUT2D eigenvalue weighted by Crippen LogP contribution is 2.78. The lowest BCUT2D eigenvalue weighted by Crippen LogP contribution is -2.70. The fourth-order valence-electron chi connectivity index (χ4n) is 4.11. The molecule has 0 N–H and O–H groups in total. The Morgan fingerprint density at radius 2 is 1.88 bits per heavy atom. The fraction of sp³-hybridized carbons (Fsp3) is 1.00. The zero-order chi connectivity index (χ0) is 11.6. The van der Waals surface area contributed by atoms with Crippen molar-refractivity contribution in [1.82, 2.24) is 4.90 Å². The molecule has 4 aliphatic rings. The Hall–Kier alpha value is -0.250. The molecule has 3 saturated carbocycles. The largest absolute Gasteiger partial charge is 0.394 e. The van der Waals surface area contributed by atoms with Crippen LogP contribution in [0.3, 0.4) is 0 Å². The average molecular weight is 233 g/mol. The van der Waals surface area contributed by atoms with Gasteiger partial charge in [-0.2, -0.15) is 13.2 Å². The quantitative estimate of drug-likeness (QED) is 0.708. The number of rotatable bonds is 2. The molecule has 2 bridgehead atoms. The van der Waals surface area contributed by atoms with E-state index in [-0.39, 0.29) is 5.41 Å². The number of hydrogen-bond donors (Lipinski definition) is 0. The van der Waals surface area contributed by atoms with Gasteiger partial charge in [0.15, 0.2) is 0 Å². The van der Waals surface area contributed by atoms with E-state index in [0.717, 1.165) is 25.6 Å². The zero-order valence-electron chi connectivity index (χ0n) is 9.61. The first-order valence-electron chi connectivity index (χ1n) is 6.13. The Morgan fingerprint density at radius 1 is 1.25 bits per heavy atom. The van der Waals surface area contributed by atoms with Crippen LogP contribution in [0.15, 0.2) is 0 Å². The molecule has 4 rings (SSSR count). The summed E-state index contributed by atoms with van der Waals surface area (Å²) >= 11 is 0. The molecule has 1 aliphatic heterocycles. The smallest absolute Gasteiger partial charge is 0.303 e. The zero-order valence-corrected chi connectivity index (χ0v) is 9.61. The summed E-state index contributed by atoms with van der Waals surface area (Å²) in [6.07, 6.45) is -1.55. The minimum Gasteiger partial charge on any atom is -0.303 e. The predicted molar refractivity (Wildman–Crippen MR) is 55.0 cm³/mol. The molecule has 0 aromatic rings. The molecule has 16 heavy (non-hydrogen) atoms. The van der Waals surface area contributed by atoms with Crippen LogP contribution in [0.1, 0.15) is 32.6 Å². The number of hydrogen-bond acceptors (Lipinski definition) is 1. The Morgan fingerprint density at radius 3 is 2.31 bits per heavy atom. The first-order valence-corrected chi connectivity index (χ1v) is 6.13. The van der Waals surface area contributed by atoms with Crippen LogP contribution in [0.2, 0.25) is 0 Å². The molecule has 1 nitrogen and oxygen atoms in total. The summed E-state index contributed by atoms with van der Waals surface area (Å²) in [6, 6.07) is 0. The lowest BCUT2D eigenvalue weighted by Gasteiger charge is -2.71. The second-order valence-corrected chi connectivity index (χ2v) is 6.44. The van der Waals surface area contributed by atoms with Crippen molar-refractivity contribution in [2.75, 3.05) is 19.6 Å². The molecular weight excluding hydrogens is 215 g/mol. The minimum atomic E-state index is -3.95. The molecule has 0 spiro atoms. The molecule has 1 unspecified atom stereocenters. The van der Waals surface area contributed by atoms with Gasteiger partial charge in [0.25, 0.3) is 0 Å². The number of likely N-dealkylation sites (tertiary alicyclic amines) is 1. The highest BCUT2D eigenvalue weighted by molar-refractivity contribution is 5.20. The summed E-state index contributed by atoms with van der Waals surface area (Å²) in [5, 5.41) is 0. The lowest BCUT2D eigenvalue weighted by molar-refractivity contribution is -0.365. The van der Waals surface area contributed by atoms with Crippen molar-refractivity contribution in [2.45, 2.75) is 38.8 Å². The minimum absolute atomic E-state index is 0.0413. The highest BCUT2D eigenvalue weighted by Gasteiger charge is 2.78. The average Bonchev–Trinajstić information content (AvgIpc) is 2.38. The molecule has 0 radical (unpaired) electrons. The third-order valence-corrected chi connectivity index (χ3v) is 4.81. The summed E-state index contributed by atoms with van der Waals surface area (Å²) < 4.78 is 38.0. The number of halogens is 3. The van der Waals surface area contributed by atoms with Gasteiger partial charge >= 0.3 is 6.18 Å². The molecule has 4 heteroatoms. The number of nitrogens with zero attached hydrogens (tertiary/aromatic N) is 1. The summed E-state index contributed by atoms with van der Waals surface area (Å²) in [5.41, 5.74) is -1.22. The van der Waals surface area contributed by atoms with Gasteiger partial charge in [-0.05, 0) is 43.6 Å². The van der Waals surface area contributed by atoms with E-state index < -0.39 is 11.6 Å². The Kier molecular flexibility index (Phi) is 2.00. The molecule has 0 aromatic carbocycles. The monoisotopic (exact) mass is 233 g/mol. The molecule has 3 aliphatic carbocycles. The van der Waals surface area contributed by atoms with E-state index in [2.05, 4.69) is 11.8 Å². The summed E-state index contributed by atoms with van der Waals surface area (Å²) in [4.78, 5) is 2.37. The third kappa shape index (κ3) is 1.35. The van der Waals surface area contributed by atoms with Gasteiger partial charge < -0.3 is 4.90 Å². The van der Waals surface area contributed by atoms with Crippen molar-refractivity contribution in [3.63, 3.8) is 0 Å². The maximum Gasteiger partial charge on any atom is 0.394 e. The predicted octanol–water partition coefficient (Wildman–Crippen LogP) is 3.06. The van der Waals surface area contributed by atoms with E-state index in [1.54, 1.807) is 0 Å². The van der Waals surface area contributed by atoms with Crippen LogP contribution in [0.5, 0.6) is 0 Å². The molecule has 0 amide bonds. The molecule has 1 heterocycles. The van der Waals surface area contributed by atoms with E-state index in [0.29, 0.717) is 19.3 Å². The lowest BCUT2D eigenvalue weighted by atomic mass is 9.34. The number of alkyl halides is 3. The van der Waals surface area contributed by atoms with Crippen molar-refractivity contribution >= 4 is 0 Å². The van der Waals surface area contributed by atoms with Crippen LogP contribution < -0.4 is 0 Å². The molecule has 0 aromatic heterocycles. The van der Waals surface area contributed by atoms with Crippen molar-refractivity contribution in [3.05, 3.63) is 0 Å². The maximum absolute atomic E-state index is 12.7. The van der Waals surface area contributed by atoms with E-state index in [9.17, 15) is 13.2 Å². The second-order valence-electron chi connectivity index (χ2n) is 6.44. The maximum atomic E-state index is 12.7. The van der Waals surface area contributed by atoms with Crippen LogP contribution in [0, 0.1) is 16.7 Å². The molecule has 92 valence electrons. The SMILES string of the molecule is CC1CCN(CC23CC(C(F)(F)F)(C2)C3)C1. The van der Waals surface area contributed by atoms with Gasteiger partial charge in [-0.3, -0.25) is 0 Å². The Bertz CT molecular complexity index is 290. The van der Waals surface area contributed by atoms with Crippen molar-refractivity contribution in [1.29, 1.82) is 0 Å². The van der Waals surface area contributed by atoms with Gasteiger partial charge in [0.05, 0.1) is 5.41 Å². The standard InChI is InChI=1S/C12H18F3N/c1-9-2-3-16(4-9)8-10-5-11(6-10,7-10)12(13,14)15/h9H,2-8H2,1H3. The molecule has 1 atom stereocenters. The first-order chi connectivity index (χ1) is 7.34.